The van der Waals surface area contributed by atoms with Crippen LogP contribution in [0.3, 0.4) is 0 Å². The lowest BCUT2D eigenvalue weighted by Gasteiger charge is -2.15. The Kier molecular flexibility index (Phi) is 5.35. The summed E-state index contributed by atoms with van der Waals surface area (Å²) in [4.78, 5) is 0. The number of nitrogens with one attached hydrogen (secondary N) is 1. The van der Waals surface area contributed by atoms with Crippen molar-refractivity contribution < 1.29 is 14.2 Å². The second-order valence-corrected chi connectivity index (χ2v) is 7.32. The summed E-state index contributed by atoms with van der Waals surface area (Å²) in [6.07, 6.45) is -0.765. The minimum atomic E-state index is -0.765. The summed E-state index contributed by atoms with van der Waals surface area (Å²) >= 11 is 0. The molecule has 1 atom stereocenters. The van der Waals surface area contributed by atoms with Gasteiger partial charge in [0, 0.05) is 11.9 Å². The van der Waals surface area contributed by atoms with Crippen LogP contribution in [0.25, 0.3) is 27.8 Å². The van der Waals surface area contributed by atoms with E-state index in [0.717, 1.165) is 16.5 Å². The molecule has 1 unspecified atom stereocenters. The van der Waals surface area contributed by atoms with Crippen LogP contribution in [0.1, 0.15) is 0 Å². The number of rotatable bonds is 7. The van der Waals surface area contributed by atoms with Crippen molar-refractivity contribution in [3.8, 4) is 17.1 Å². The van der Waals surface area contributed by atoms with Gasteiger partial charge >= 0.3 is 0 Å². The van der Waals surface area contributed by atoms with Crippen molar-refractivity contribution in [2.24, 2.45) is 0 Å². The molecular weight excluding hydrogens is 409 g/mol. The first-order valence-corrected chi connectivity index (χ1v) is 10.2. The maximum Gasteiger partial charge on any atom is 0.188 e. The molecule has 0 aliphatic rings. The largest absolute Gasteiger partial charge is 0.490 e. The molecule has 160 valence electrons. The lowest BCUT2D eigenvalue weighted by molar-refractivity contribution is 0.118. The number of aliphatic hydroxyl groups is 1. The van der Waals surface area contributed by atoms with E-state index in [-0.39, 0.29) is 13.2 Å². The molecule has 0 spiro atoms. The van der Waals surface area contributed by atoms with Gasteiger partial charge in [-0.2, -0.15) is 4.52 Å². The van der Waals surface area contributed by atoms with Crippen molar-refractivity contribution in [2.45, 2.75) is 6.10 Å². The predicted octanol–water partition coefficient (Wildman–Crippen LogP) is 3.94. The van der Waals surface area contributed by atoms with Crippen LogP contribution in [0.15, 0.2) is 78.9 Å². The number of fused-ring (bicyclic) bond motifs is 2. The Bertz CT molecular complexity index is 1380. The highest BCUT2D eigenvalue weighted by atomic mass is 19.1. The lowest BCUT2D eigenvalue weighted by atomic mass is 10.1. The van der Waals surface area contributed by atoms with Crippen LogP contribution >= 0.6 is 0 Å². The van der Waals surface area contributed by atoms with E-state index < -0.39 is 11.9 Å². The molecule has 8 heteroatoms. The number of nitrogens with zero attached hydrogens (tertiary/aromatic N) is 4. The Morgan fingerprint density at radius 3 is 2.66 bits per heavy atom. The standard InChI is InChI=1S/C24H20FN5O2/c25-20-10-4-3-9-19(20)24-28-27-23-13-12-22(29-30(23)24)26-14-17(31)15-32-21-11-5-7-16-6-1-2-8-18(16)21/h1-13,17,31H,14-15H2,(H,26,29). The topological polar surface area (TPSA) is 84.6 Å². The van der Waals surface area contributed by atoms with E-state index in [9.17, 15) is 9.50 Å². The van der Waals surface area contributed by atoms with Gasteiger partial charge in [-0.1, -0.05) is 48.5 Å². The number of halogens is 1. The third-order valence-electron chi connectivity index (χ3n) is 5.08. The maximum atomic E-state index is 14.2. The summed E-state index contributed by atoms with van der Waals surface area (Å²) in [7, 11) is 0. The molecule has 5 aromatic rings. The van der Waals surface area contributed by atoms with Crippen molar-refractivity contribution >= 4 is 22.2 Å². The Morgan fingerprint density at radius 1 is 0.938 bits per heavy atom. The summed E-state index contributed by atoms with van der Waals surface area (Å²) < 4.78 is 21.5. The van der Waals surface area contributed by atoms with Crippen LogP contribution in [0.2, 0.25) is 0 Å². The van der Waals surface area contributed by atoms with Crippen molar-refractivity contribution in [1.29, 1.82) is 0 Å². The molecule has 32 heavy (non-hydrogen) atoms. The molecule has 2 heterocycles. The molecule has 0 saturated heterocycles. The van der Waals surface area contributed by atoms with Crippen molar-refractivity contribution in [3.05, 3.63) is 84.7 Å². The van der Waals surface area contributed by atoms with Gasteiger partial charge in [0.2, 0.25) is 0 Å². The molecule has 0 bridgehead atoms. The summed E-state index contributed by atoms with van der Waals surface area (Å²) in [6.45, 7) is 0.344. The molecule has 0 aliphatic carbocycles. The zero-order valence-corrected chi connectivity index (χ0v) is 17.0. The van der Waals surface area contributed by atoms with E-state index >= 15 is 0 Å². The fourth-order valence-corrected chi connectivity index (χ4v) is 3.48. The zero-order valence-electron chi connectivity index (χ0n) is 17.0. The number of anilines is 1. The monoisotopic (exact) mass is 429 g/mol. The van der Waals surface area contributed by atoms with Gasteiger partial charge in [-0.05, 0) is 35.7 Å². The second-order valence-electron chi connectivity index (χ2n) is 7.32. The molecule has 2 N–H and O–H groups in total. The van der Waals surface area contributed by atoms with E-state index in [1.807, 2.05) is 42.5 Å². The van der Waals surface area contributed by atoms with Gasteiger partial charge in [-0.25, -0.2) is 4.39 Å². The van der Waals surface area contributed by atoms with Crippen molar-refractivity contribution in [3.63, 3.8) is 0 Å². The fourth-order valence-electron chi connectivity index (χ4n) is 3.48. The third-order valence-corrected chi connectivity index (χ3v) is 5.08. The maximum absolute atomic E-state index is 14.2. The minimum Gasteiger partial charge on any atom is -0.490 e. The van der Waals surface area contributed by atoms with Crippen molar-refractivity contribution in [2.75, 3.05) is 18.5 Å². The average Bonchev–Trinajstić information content (AvgIpc) is 3.25. The number of aromatic nitrogens is 4. The number of hydrogen-bond donors (Lipinski definition) is 2. The summed E-state index contributed by atoms with van der Waals surface area (Å²) in [6, 6.07) is 23.6. The minimum absolute atomic E-state index is 0.121. The Morgan fingerprint density at radius 2 is 1.75 bits per heavy atom. The summed E-state index contributed by atoms with van der Waals surface area (Å²) in [5.41, 5.74) is 0.807. The molecular formula is C24H20FN5O2. The van der Waals surface area contributed by atoms with E-state index in [1.165, 1.54) is 10.6 Å². The first-order chi connectivity index (χ1) is 15.7. The Labute approximate surface area is 183 Å². The van der Waals surface area contributed by atoms with Crippen molar-refractivity contribution in [1.82, 2.24) is 19.8 Å². The smallest absolute Gasteiger partial charge is 0.188 e. The number of aliphatic hydroxyl groups excluding tert-OH is 1. The van der Waals surface area contributed by atoms with E-state index in [0.29, 0.717) is 22.9 Å². The molecule has 3 aromatic carbocycles. The summed E-state index contributed by atoms with van der Waals surface area (Å²) in [5.74, 6) is 1.13. The first-order valence-electron chi connectivity index (χ1n) is 10.2. The van der Waals surface area contributed by atoms with Crippen LogP contribution in [0, 0.1) is 5.82 Å². The molecule has 2 aromatic heterocycles. The van der Waals surface area contributed by atoms with Crippen LogP contribution in [-0.4, -0.2) is 44.2 Å². The molecule has 0 amide bonds. The fraction of sp³-hybridized carbons (Fsp3) is 0.125. The number of benzene rings is 3. The molecule has 0 radical (unpaired) electrons. The van der Waals surface area contributed by atoms with Gasteiger partial charge in [-0.3, -0.25) is 0 Å². The predicted molar refractivity (Wildman–Crippen MR) is 120 cm³/mol. The molecule has 0 aliphatic heterocycles. The highest BCUT2D eigenvalue weighted by molar-refractivity contribution is 5.88. The van der Waals surface area contributed by atoms with E-state index in [2.05, 4.69) is 20.6 Å². The normalized spacial score (nSPS) is 12.2. The molecule has 0 saturated carbocycles. The third kappa shape index (κ3) is 3.95. The van der Waals surface area contributed by atoms with Crippen LogP contribution < -0.4 is 10.1 Å². The van der Waals surface area contributed by atoms with E-state index in [4.69, 9.17) is 4.74 Å². The van der Waals surface area contributed by atoms with Gasteiger partial charge in [0.05, 0.1) is 5.56 Å². The Balaban J connectivity index is 1.27. The van der Waals surface area contributed by atoms with Crippen LogP contribution in [0.4, 0.5) is 10.2 Å². The van der Waals surface area contributed by atoms with E-state index in [1.54, 1.807) is 30.3 Å². The first kappa shape index (κ1) is 19.9. The number of hydrogen-bond acceptors (Lipinski definition) is 6. The lowest BCUT2D eigenvalue weighted by Crippen LogP contribution is -2.26. The average molecular weight is 429 g/mol. The molecule has 0 fully saturated rings. The summed E-state index contributed by atoms with van der Waals surface area (Å²) in [5, 5.41) is 28.1. The SMILES string of the molecule is OC(CNc1ccc2nnc(-c3ccccc3F)n2n1)COc1cccc2ccccc12. The zero-order chi connectivity index (χ0) is 21.9. The van der Waals surface area contributed by atoms with Gasteiger partial charge in [0.15, 0.2) is 11.5 Å². The van der Waals surface area contributed by atoms with Gasteiger partial charge in [0.1, 0.15) is 30.1 Å². The Hall–Kier alpha value is -4.04. The molecule has 7 nitrogen and oxygen atoms in total. The number of ether oxygens (including phenoxy) is 1. The van der Waals surface area contributed by atoms with Gasteiger partial charge in [-0.15, -0.1) is 15.3 Å². The van der Waals surface area contributed by atoms with Gasteiger partial charge < -0.3 is 15.2 Å². The molecule has 5 rings (SSSR count). The van der Waals surface area contributed by atoms with Crippen LogP contribution in [-0.2, 0) is 0 Å². The highest BCUT2D eigenvalue weighted by Gasteiger charge is 2.14. The second kappa shape index (κ2) is 8.60. The van der Waals surface area contributed by atoms with Crippen LogP contribution in [0.5, 0.6) is 5.75 Å². The van der Waals surface area contributed by atoms with Gasteiger partial charge in [0.25, 0.3) is 0 Å². The quantitative estimate of drug-likeness (QED) is 0.408. The highest BCUT2D eigenvalue weighted by Crippen LogP contribution is 2.25.